The van der Waals surface area contributed by atoms with Gasteiger partial charge in [-0.05, 0) is 31.2 Å². The Bertz CT molecular complexity index is 921. The first-order chi connectivity index (χ1) is 15.3. The topological polar surface area (TPSA) is 102 Å². The van der Waals surface area contributed by atoms with Crippen LogP contribution >= 0.6 is 11.3 Å². The third-order valence-electron chi connectivity index (χ3n) is 6.28. The van der Waals surface area contributed by atoms with E-state index in [4.69, 9.17) is 9.47 Å². The van der Waals surface area contributed by atoms with Gasteiger partial charge in [-0.3, -0.25) is 4.79 Å². The number of hydrogen-bond donors (Lipinski definition) is 1. The Balaban J connectivity index is 1.77. The van der Waals surface area contributed by atoms with Crippen LogP contribution in [0.4, 0.5) is 0 Å². The second-order valence-corrected chi connectivity index (χ2v) is 11.8. The maximum absolute atomic E-state index is 13.0. The molecule has 3 rings (SSSR count). The first-order valence-corrected chi connectivity index (χ1v) is 13.6. The van der Waals surface area contributed by atoms with Crippen LogP contribution in [0.3, 0.4) is 0 Å². The Morgan fingerprint density at radius 1 is 1.22 bits per heavy atom. The van der Waals surface area contributed by atoms with Gasteiger partial charge in [-0.2, -0.15) is 0 Å². The van der Waals surface area contributed by atoms with Crippen LogP contribution in [-0.2, 0) is 37.3 Å². The summed E-state index contributed by atoms with van der Waals surface area (Å²) >= 11 is 1.05. The molecule has 1 amide bonds. The van der Waals surface area contributed by atoms with Gasteiger partial charge in [0.25, 0.3) is 10.0 Å². The molecule has 1 atom stereocenters. The number of hydrogen-bond acceptors (Lipinski definition) is 7. The van der Waals surface area contributed by atoms with E-state index in [0.29, 0.717) is 37.4 Å². The first-order valence-electron chi connectivity index (χ1n) is 11.3. The Labute approximate surface area is 194 Å². The summed E-state index contributed by atoms with van der Waals surface area (Å²) < 4.78 is 38.5. The smallest absolute Gasteiger partial charge is 0.340 e. The van der Waals surface area contributed by atoms with Gasteiger partial charge in [0, 0.05) is 31.0 Å². The lowest BCUT2D eigenvalue weighted by atomic mass is 9.86. The van der Waals surface area contributed by atoms with E-state index in [9.17, 15) is 18.0 Å². The van der Waals surface area contributed by atoms with Crippen molar-refractivity contribution in [3.63, 3.8) is 0 Å². The summed E-state index contributed by atoms with van der Waals surface area (Å²) in [6.07, 6.45) is 8.11. The van der Waals surface area contributed by atoms with Gasteiger partial charge in [0.2, 0.25) is 5.91 Å². The molecule has 1 aromatic heterocycles. The second kappa shape index (κ2) is 11.1. The quantitative estimate of drug-likeness (QED) is 0.538. The van der Waals surface area contributed by atoms with Crippen molar-refractivity contribution in [1.29, 1.82) is 0 Å². The van der Waals surface area contributed by atoms with Gasteiger partial charge in [0.05, 0.1) is 25.8 Å². The number of esters is 1. The van der Waals surface area contributed by atoms with E-state index in [1.165, 1.54) is 46.3 Å². The average Bonchev–Trinajstić information content (AvgIpc) is 3.17. The largest absolute Gasteiger partial charge is 0.465 e. The molecule has 1 aliphatic heterocycles. The molecule has 2 aliphatic rings. The molecule has 1 N–H and O–H groups in total. The highest BCUT2D eigenvalue weighted by Gasteiger charge is 2.35. The number of methoxy groups -OCH3 is 2. The van der Waals surface area contributed by atoms with E-state index >= 15 is 0 Å². The lowest BCUT2D eigenvalue weighted by Gasteiger charge is -2.28. The van der Waals surface area contributed by atoms with E-state index in [-0.39, 0.29) is 22.3 Å². The molecule has 1 saturated carbocycles. The van der Waals surface area contributed by atoms with Gasteiger partial charge in [0.1, 0.15) is 4.21 Å². The van der Waals surface area contributed by atoms with Gasteiger partial charge < -0.3 is 14.4 Å². The minimum Gasteiger partial charge on any atom is -0.465 e. The molecule has 180 valence electrons. The van der Waals surface area contributed by atoms with Crippen molar-refractivity contribution in [2.75, 3.05) is 27.4 Å². The van der Waals surface area contributed by atoms with Crippen molar-refractivity contribution < 1.29 is 27.5 Å². The van der Waals surface area contributed by atoms with Crippen LogP contribution in [0, 0.1) is 5.92 Å². The van der Waals surface area contributed by atoms with Crippen LogP contribution in [0.5, 0.6) is 0 Å². The Kier molecular flexibility index (Phi) is 8.71. The highest BCUT2D eigenvalue weighted by molar-refractivity contribution is 7.91. The van der Waals surface area contributed by atoms with Crippen LogP contribution < -0.4 is 4.72 Å². The predicted molar refractivity (Wildman–Crippen MR) is 122 cm³/mol. The SMILES string of the molecule is COC[C@H](C)NS(=O)(=O)c1sc2c(c1C(=O)OC)CCN(C(=O)CCC1CCCCC1)C2. The van der Waals surface area contributed by atoms with E-state index in [1.54, 1.807) is 11.8 Å². The number of carbonyl (C=O) groups is 2. The molecule has 1 aliphatic carbocycles. The van der Waals surface area contributed by atoms with E-state index in [1.807, 2.05) is 0 Å². The van der Waals surface area contributed by atoms with Gasteiger partial charge in [-0.15, -0.1) is 11.3 Å². The minimum absolute atomic E-state index is 0.0474. The van der Waals surface area contributed by atoms with Crippen molar-refractivity contribution in [2.45, 2.75) is 75.1 Å². The summed E-state index contributed by atoms with van der Waals surface area (Å²) in [6.45, 7) is 2.71. The number of nitrogens with one attached hydrogen (secondary N) is 1. The van der Waals surface area contributed by atoms with Crippen LogP contribution in [-0.4, -0.2) is 58.6 Å². The van der Waals surface area contributed by atoms with Gasteiger partial charge >= 0.3 is 5.97 Å². The molecule has 0 unspecified atom stereocenters. The van der Waals surface area contributed by atoms with Gasteiger partial charge in [0.15, 0.2) is 0 Å². The van der Waals surface area contributed by atoms with Gasteiger partial charge in [-0.1, -0.05) is 32.1 Å². The number of fused-ring (bicyclic) bond motifs is 1. The summed E-state index contributed by atoms with van der Waals surface area (Å²) in [5.74, 6) is 0.0717. The maximum atomic E-state index is 13.0. The molecule has 0 saturated heterocycles. The monoisotopic (exact) mass is 486 g/mol. The molecule has 32 heavy (non-hydrogen) atoms. The molecule has 8 nitrogen and oxygen atoms in total. The Hall–Kier alpha value is -1.49. The van der Waals surface area contributed by atoms with Crippen LogP contribution in [0.15, 0.2) is 4.21 Å². The van der Waals surface area contributed by atoms with Gasteiger partial charge in [-0.25, -0.2) is 17.9 Å². The van der Waals surface area contributed by atoms with Crippen molar-refractivity contribution in [3.8, 4) is 0 Å². The number of thiophene rings is 1. The molecule has 0 aromatic carbocycles. The number of sulfonamides is 1. The first kappa shape index (κ1) is 25.1. The zero-order chi connectivity index (χ0) is 23.3. The van der Waals surface area contributed by atoms with E-state index < -0.39 is 22.0 Å². The molecular formula is C22H34N2O6S2. The molecule has 0 bridgehead atoms. The lowest BCUT2D eigenvalue weighted by Crippen LogP contribution is -2.36. The van der Waals surface area contributed by atoms with Crippen molar-refractivity contribution >= 4 is 33.2 Å². The molecule has 2 heterocycles. The molecular weight excluding hydrogens is 452 g/mol. The number of amides is 1. The van der Waals surface area contributed by atoms with Crippen LogP contribution in [0.25, 0.3) is 0 Å². The van der Waals surface area contributed by atoms with Crippen molar-refractivity contribution in [1.82, 2.24) is 9.62 Å². The van der Waals surface area contributed by atoms with Crippen molar-refractivity contribution in [3.05, 3.63) is 16.0 Å². The maximum Gasteiger partial charge on any atom is 0.340 e. The second-order valence-electron chi connectivity index (χ2n) is 8.74. The number of ether oxygens (including phenoxy) is 2. The summed E-state index contributed by atoms with van der Waals surface area (Å²) in [6, 6.07) is -0.451. The van der Waals surface area contributed by atoms with E-state index in [2.05, 4.69) is 4.72 Å². The highest BCUT2D eigenvalue weighted by atomic mass is 32.2. The molecule has 0 spiro atoms. The minimum atomic E-state index is -3.94. The number of nitrogens with zero attached hydrogens (tertiary/aromatic N) is 1. The fourth-order valence-electron chi connectivity index (χ4n) is 4.65. The molecule has 10 heteroatoms. The number of rotatable bonds is 9. The summed E-state index contributed by atoms with van der Waals surface area (Å²) in [5, 5.41) is 0. The Morgan fingerprint density at radius 2 is 1.94 bits per heavy atom. The molecule has 0 radical (unpaired) electrons. The third-order valence-corrected chi connectivity index (χ3v) is 9.60. The zero-order valence-electron chi connectivity index (χ0n) is 19.1. The normalized spacial score (nSPS) is 18.3. The lowest BCUT2D eigenvalue weighted by molar-refractivity contribution is -0.132. The molecule has 1 aromatic rings. The van der Waals surface area contributed by atoms with Crippen LogP contribution in [0.1, 0.15) is 72.7 Å². The molecule has 1 fully saturated rings. The predicted octanol–water partition coefficient (Wildman–Crippen LogP) is 3.09. The fourth-order valence-corrected chi connectivity index (χ4v) is 7.80. The highest BCUT2D eigenvalue weighted by Crippen LogP contribution is 2.37. The summed E-state index contributed by atoms with van der Waals surface area (Å²) in [7, 11) is -1.20. The summed E-state index contributed by atoms with van der Waals surface area (Å²) in [4.78, 5) is 27.9. The standard InChI is InChI=1S/C22H34N2O6S2/c1-15(14-29-2)23-32(27,28)22-20(21(26)30-3)17-11-12-24(13-18(17)31-22)19(25)10-9-16-7-5-4-6-8-16/h15-16,23H,4-14H2,1-3H3/t15-/m0/s1. The van der Waals surface area contributed by atoms with E-state index in [0.717, 1.165) is 22.6 Å². The number of carbonyl (C=O) groups excluding carboxylic acids is 2. The zero-order valence-corrected chi connectivity index (χ0v) is 20.8. The third kappa shape index (κ3) is 5.89. The van der Waals surface area contributed by atoms with Crippen LogP contribution in [0.2, 0.25) is 0 Å². The fraction of sp³-hybridized carbons (Fsp3) is 0.727. The average molecular weight is 487 g/mol. The Morgan fingerprint density at radius 3 is 2.59 bits per heavy atom. The summed E-state index contributed by atoms with van der Waals surface area (Å²) in [5.41, 5.74) is 0.775. The van der Waals surface area contributed by atoms with Crippen molar-refractivity contribution in [2.24, 2.45) is 5.92 Å².